The Balaban J connectivity index is 1.87. The van der Waals surface area contributed by atoms with E-state index in [-0.39, 0.29) is 12.5 Å². The SMILES string of the molecule is Cn1cc(C(=O)Nc2cc(-c3cccs3)nn2CCO)cn1. The fourth-order valence-corrected chi connectivity index (χ4v) is 2.74. The van der Waals surface area contributed by atoms with Gasteiger partial charge in [-0.25, -0.2) is 4.68 Å². The Morgan fingerprint density at radius 2 is 2.36 bits per heavy atom. The Hall–Kier alpha value is -2.45. The molecule has 0 bridgehead atoms. The molecule has 0 saturated heterocycles. The quantitative estimate of drug-likeness (QED) is 0.748. The second-order valence-electron chi connectivity index (χ2n) is 4.70. The second kappa shape index (κ2) is 6.12. The van der Waals surface area contributed by atoms with E-state index in [1.165, 1.54) is 6.20 Å². The lowest BCUT2D eigenvalue weighted by molar-refractivity contribution is 0.102. The molecule has 0 spiro atoms. The van der Waals surface area contributed by atoms with E-state index in [4.69, 9.17) is 5.11 Å². The van der Waals surface area contributed by atoms with Gasteiger partial charge in [0.1, 0.15) is 11.5 Å². The lowest BCUT2D eigenvalue weighted by Gasteiger charge is -2.06. The molecule has 0 aromatic carbocycles. The van der Waals surface area contributed by atoms with E-state index in [0.29, 0.717) is 17.9 Å². The number of aryl methyl sites for hydroxylation is 1. The zero-order valence-corrected chi connectivity index (χ0v) is 12.7. The van der Waals surface area contributed by atoms with E-state index in [1.807, 2.05) is 17.5 Å². The molecule has 3 rings (SSSR count). The van der Waals surface area contributed by atoms with E-state index < -0.39 is 0 Å². The summed E-state index contributed by atoms with van der Waals surface area (Å²) in [4.78, 5) is 13.2. The van der Waals surface area contributed by atoms with Crippen molar-refractivity contribution in [2.45, 2.75) is 6.54 Å². The van der Waals surface area contributed by atoms with Crippen molar-refractivity contribution in [2.75, 3.05) is 11.9 Å². The van der Waals surface area contributed by atoms with E-state index in [2.05, 4.69) is 15.5 Å². The number of carbonyl (C=O) groups excluding carboxylic acids is 1. The summed E-state index contributed by atoms with van der Waals surface area (Å²) in [5.41, 5.74) is 1.24. The highest BCUT2D eigenvalue weighted by Gasteiger charge is 2.14. The van der Waals surface area contributed by atoms with E-state index in [9.17, 15) is 4.79 Å². The fourth-order valence-electron chi connectivity index (χ4n) is 2.05. The highest BCUT2D eigenvalue weighted by molar-refractivity contribution is 7.13. The third-order valence-corrected chi connectivity index (χ3v) is 3.97. The first-order valence-corrected chi connectivity index (χ1v) is 7.58. The molecule has 0 aliphatic carbocycles. The maximum absolute atomic E-state index is 12.2. The molecule has 0 aliphatic rings. The van der Waals surface area contributed by atoms with Crippen LogP contribution in [0.5, 0.6) is 0 Å². The minimum atomic E-state index is -0.259. The first-order chi connectivity index (χ1) is 10.7. The Morgan fingerprint density at radius 3 is 3.00 bits per heavy atom. The van der Waals surface area contributed by atoms with Crippen molar-refractivity contribution in [1.82, 2.24) is 19.6 Å². The average molecular weight is 317 g/mol. The first kappa shape index (κ1) is 14.5. The molecule has 7 nitrogen and oxygen atoms in total. The summed E-state index contributed by atoms with van der Waals surface area (Å²) in [7, 11) is 1.75. The summed E-state index contributed by atoms with van der Waals surface area (Å²) >= 11 is 1.57. The normalized spacial score (nSPS) is 10.8. The lowest BCUT2D eigenvalue weighted by atomic mass is 10.3. The summed E-state index contributed by atoms with van der Waals surface area (Å²) in [6.45, 7) is 0.259. The topological polar surface area (TPSA) is 85.0 Å². The van der Waals surface area contributed by atoms with Crippen molar-refractivity contribution in [1.29, 1.82) is 0 Å². The van der Waals surface area contributed by atoms with Crippen molar-refractivity contribution in [3.8, 4) is 10.6 Å². The molecule has 3 heterocycles. The van der Waals surface area contributed by atoms with Gasteiger partial charge in [-0.15, -0.1) is 11.3 Å². The Morgan fingerprint density at radius 1 is 1.50 bits per heavy atom. The second-order valence-corrected chi connectivity index (χ2v) is 5.64. The minimum absolute atomic E-state index is 0.0542. The molecule has 3 aromatic heterocycles. The number of aromatic nitrogens is 4. The molecule has 0 fully saturated rings. The number of aliphatic hydroxyl groups excluding tert-OH is 1. The van der Waals surface area contributed by atoms with E-state index in [0.717, 1.165) is 10.6 Å². The van der Waals surface area contributed by atoms with Crippen LogP contribution in [-0.4, -0.2) is 37.2 Å². The highest BCUT2D eigenvalue weighted by Crippen LogP contribution is 2.26. The van der Waals surface area contributed by atoms with Gasteiger partial charge in [-0.2, -0.15) is 10.2 Å². The monoisotopic (exact) mass is 317 g/mol. The molecular formula is C14H15N5O2S. The van der Waals surface area contributed by atoms with Gasteiger partial charge in [0.25, 0.3) is 5.91 Å². The fraction of sp³-hybridized carbons (Fsp3) is 0.214. The maximum atomic E-state index is 12.2. The van der Waals surface area contributed by atoms with Crippen LogP contribution in [0, 0.1) is 0 Å². The summed E-state index contributed by atoms with van der Waals surface area (Å²) in [5.74, 6) is 0.288. The van der Waals surface area contributed by atoms with Crippen LogP contribution in [0.25, 0.3) is 10.6 Å². The van der Waals surface area contributed by atoms with Crippen LogP contribution in [0.2, 0.25) is 0 Å². The lowest BCUT2D eigenvalue weighted by Crippen LogP contribution is -2.16. The first-order valence-electron chi connectivity index (χ1n) is 6.70. The molecule has 22 heavy (non-hydrogen) atoms. The summed E-state index contributed by atoms with van der Waals surface area (Å²) in [6.07, 6.45) is 3.14. The van der Waals surface area contributed by atoms with Gasteiger partial charge in [-0.05, 0) is 11.4 Å². The van der Waals surface area contributed by atoms with Crippen LogP contribution in [-0.2, 0) is 13.6 Å². The number of rotatable bonds is 5. The Bertz CT molecular complexity index is 775. The van der Waals surface area contributed by atoms with Gasteiger partial charge in [0.15, 0.2) is 0 Å². The molecule has 0 radical (unpaired) electrons. The van der Waals surface area contributed by atoms with Crippen LogP contribution in [0.4, 0.5) is 5.82 Å². The van der Waals surface area contributed by atoms with Gasteiger partial charge >= 0.3 is 0 Å². The third kappa shape index (κ3) is 2.92. The predicted octanol–water partition coefficient (Wildman–Crippen LogP) is 1.59. The van der Waals surface area contributed by atoms with Gasteiger partial charge in [0.2, 0.25) is 0 Å². The molecular weight excluding hydrogens is 302 g/mol. The van der Waals surface area contributed by atoms with Crippen LogP contribution in [0.15, 0.2) is 36.0 Å². The van der Waals surface area contributed by atoms with Crippen molar-refractivity contribution >= 4 is 23.1 Å². The standard InChI is InChI=1S/C14H15N5O2S/c1-18-9-10(8-15-18)14(21)16-13-7-11(12-3-2-6-22-12)17-19(13)4-5-20/h2-3,6-9,20H,4-5H2,1H3,(H,16,21). The smallest absolute Gasteiger partial charge is 0.259 e. The van der Waals surface area contributed by atoms with E-state index >= 15 is 0 Å². The third-order valence-electron chi connectivity index (χ3n) is 3.07. The molecule has 8 heteroatoms. The van der Waals surface area contributed by atoms with Crippen molar-refractivity contribution in [3.05, 3.63) is 41.5 Å². The minimum Gasteiger partial charge on any atom is -0.394 e. The van der Waals surface area contributed by atoms with Crippen LogP contribution >= 0.6 is 11.3 Å². The molecule has 114 valence electrons. The van der Waals surface area contributed by atoms with Crippen molar-refractivity contribution in [3.63, 3.8) is 0 Å². The number of anilines is 1. The number of nitrogens with one attached hydrogen (secondary N) is 1. The van der Waals surface area contributed by atoms with Crippen LogP contribution in [0.1, 0.15) is 10.4 Å². The molecule has 3 aromatic rings. The van der Waals surface area contributed by atoms with Crippen LogP contribution in [0.3, 0.4) is 0 Å². The number of nitrogens with zero attached hydrogens (tertiary/aromatic N) is 4. The number of aliphatic hydroxyl groups is 1. The van der Waals surface area contributed by atoms with Crippen LogP contribution < -0.4 is 5.32 Å². The zero-order chi connectivity index (χ0) is 15.5. The number of hydrogen-bond donors (Lipinski definition) is 2. The highest BCUT2D eigenvalue weighted by atomic mass is 32.1. The molecule has 0 atom stereocenters. The maximum Gasteiger partial charge on any atom is 0.259 e. The van der Waals surface area contributed by atoms with Crippen molar-refractivity contribution in [2.24, 2.45) is 7.05 Å². The predicted molar refractivity (Wildman–Crippen MR) is 83.8 cm³/mol. The molecule has 0 aliphatic heterocycles. The zero-order valence-electron chi connectivity index (χ0n) is 11.9. The Labute approximate surface area is 130 Å². The number of amides is 1. The summed E-state index contributed by atoms with van der Waals surface area (Å²) in [6, 6.07) is 5.71. The molecule has 0 saturated carbocycles. The van der Waals surface area contributed by atoms with Gasteiger partial charge in [0, 0.05) is 19.3 Å². The largest absolute Gasteiger partial charge is 0.394 e. The van der Waals surface area contributed by atoms with Gasteiger partial charge in [0.05, 0.1) is 29.8 Å². The van der Waals surface area contributed by atoms with Gasteiger partial charge in [-0.3, -0.25) is 9.48 Å². The number of carbonyl (C=O) groups is 1. The molecule has 1 amide bonds. The summed E-state index contributed by atoms with van der Waals surface area (Å²) in [5, 5.41) is 22.3. The molecule has 2 N–H and O–H groups in total. The van der Waals surface area contributed by atoms with E-state index in [1.54, 1.807) is 40.0 Å². The molecule has 0 unspecified atom stereocenters. The Kier molecular flexibility index (Phi) is 4.03. The van der Waals surface area contributed by atoms with Gasteiger partial charge < -0.3 is 10.4 Å². The van der Waals surface area contributed by atoms with Crippen molar-refractivity contribution < 1.29 is 9.90 Å². The summed E-state index contributed by atoms with van der Waals surface area (Å²) < 4.78 is 3.15. The van der Waals surface area contributed by atoms with Gasteiger partial charge in [-0.1, -0.05) is 6.07 Å². The average Bonchev–Trinajstić information content (AvgIpc) is 3.20. The number of hydrogen-bond acceptors (Lipinski definition) is 5. The number of thiophene rings is 1.